The SMILES string of the molecule is CN(C)[C@H]1CCN(C(=O)N(Cc2ccccc2F)c2ccc(F)cc2Cl)C1. The van der Waals surface area contributed by atoms with Crippen molar-refractivity contribution in [2.75, 3.05) is 32.1 Å². The first-order valence-electron chi connectivity index (χ1n) is 8.78. The first-order chi connectivity index (χ1) is 12.9. The first-order valence-corrected chi connectivity index (χ1v) is 9.16. The van der Waals surface area contributed by atoms with Crippen LogP contribution in [0.2, 0.25) is 5.02 Å². The number of urea groups is 1. The Morgan fingerprint density at radius 3 is 2.59 bits per heavy atom. The van der Waals surface area contributed by atoms with E-state index in [9.17, 15) is 13.6 Å². The highest BCUT2D eigenvalue weighted by atomic mass is 35.5. The Morgan fingerprint density at radius 1 is 1.22 bits per heavy atom. The molecule has 2 amide bonds. The minimum atomic E-state index is -0.490. The standard InChI is InChI=1S/C20H22ClF2N3O/c1-24(2)16-9-10-25(13-16)20(27)26(12-14-5-3-4-6-18(14)23)19-8-7-15(22)11-17(19)21/h3-8,11,16H,9-10,12-13H2,1-2H3/t16-/m0/s1. The number of hydrogen-bond donors (Lipinski definition) is 0. The molecule has 0 radical (unpaired) electrons. The van der Waals surface area contributed by atoms with Gasteiger partial charge in [0.1, 0.15) is 11.6 Å². The van der Waals surface area contributed by atoms with Gasteiger partial charge in [-0.2, -0.15) is 0 Å². The highest BCUT2D eigenvalue weighted by Gasteiger charge is 2.32. The van der Waals surface area contributed by atoms with Gasteiger partial charge in [-0.1, -0.05) is 29.8 Å². The lowest BCUT2D eigenvalue weighted by molar-refractivity contribution is 0.209. The van der Waals surface area contributed by atoms with E-state index in [-0.39, 0.29) is 23.6 Å². The van der Waals surface area contributed by atoms with Gasteiger partial charge in [-0.05, 0) is 44.8 Å². The summed E-state index contributed by atoms with van der Waals surface area (Å²) < 4.78 is 27.7. The molecule has 27 heavy (non-hydrogen) atoms. The average molecular weight is 394 g/mol. The van der Waals surface area contributed by atoms with Crippen molar-refractivity contribution < 1.29 is 13.6 Å². The van der Waals surface area contributed by atoms with Crippen LogP contribution in [0.1, 0.15) is 12.0 Å². The molecule has 2 aromatic rings. The van der Waals surface area contributed by atoms with Crippen LogP contribution in [0.25, 0.3) is 0 Å². The van der Waals surface area contributed by atoms with Crippen molar-refractivity contribution in [2.45, 2.75) is 19.0 Å². The molecule has 144 valence electrons. The predicted molar refractivity (Wildman–Crippen MR) is 103 cm³/mol. The van der Waals surface area contributed by atoms with Gasteiger partial charge in [0.2, 0.25) is 0 Å². The minimum Gasteiger partial charge on any atom is -0.323 e. The Labute approximate surface area is 162 Å². The second-order valence-electron chi connectivity index (χ2n) is 6.91. The summed E-state index contributed by atoms with van der Waals surface area (Å²) in [5.74, 6) is -0.892. The molecule has 4 nitrogen and oxygen atoms in total. The molecule has 1 heterocycles. The number of carbonyl (C=O) groups is 1. The Bertz CT molecular complexity index is 831. The fourth-order valence-corrected chi connectivity index (χ4v) is 3.53. The summed E-state index contributed by atoms with van der Waals surface area (Å²) in [6.07, 6.45) is 0.865. The Balaban J connectivity index is 1.92. The first kappa shape index (κ1) is 19.6. The van der Waals surface area contributed by atoms with Gasteiger partial charge in [-0.15, -0.1) is 0 Å². The molecule has 1 aliphatic rings. The van der Waals surface area contributed by atoms with E-state index >= 15 is 0 Å². The predicted octanol–water partition coefficient (Wildman–Crippen LogP) is 4.38. The third kappa shape index (κ3) is 4.39. The number of halogens is 3. The summed E-state index contributed by atoms with van der Waals surface area (Å²) in [4.78, 5) is 18.5. The zero-order chi connectivity index (χ0) is 19.6. The molecule has 2 aromatic carbocycles. The number of hydrogen-bond acceptors (Lipinski definition) is 2. The van der Waals surface area contributed by atoms with Gasteiger partial charge in [0.15, 0.2) is 0 Å². The molecule has 3 rings (SSSR count). The Hall–Kier alpha value is -2.18. The number of carbonyl (C=O) groups excluding carboxylic acids is 1. The summed E-state index contributed by atoms with van der Waals surface area (Å²) in [6, 6.07) is 10.1. The molecule has 7 heteroatoms. The number of nitrogens with zero attached hydrogens (tertiary/aromatic N) is 3. The molecule has 0 N–H and O–H groups in total. The zero-order valence-corrected chi connectivity index (χ0v) is 16.1. The normalized spacial score (nSPS) is 16.8. The second kappa shape index (κ2) is 8.23. The van der Waals surface area contributed by atoms with Crippen molar-refractivity contribution in [3.63, 3.8) is 0 Å². The summed E-state index contributed by atoms with van der Waals surface area (Å²) in [5, 5.41) is 0.114. The molecular weight excluding hydrogens is 372 g/mol. The van der Waals surface area contributed by atoms with E-state index in [1.807, 2.05) is 14.1 Å². The molecule has 0 bridgehead atoms. The van der Waals surface area contributed by atoms with Crippen LogP contribution in [0.3, 0.4) is 0 Å². The lowest BCUT2D eigenvalue weighted by Gasteiger charge is -2.29. The third-order valence-corrected chi connectivity index (χ3v) is 5.18. The monoisotopic (exact) mass is 393 g/mol. The van der Waals surface area contributed by atoms with E-state index in [2.05, 4.69) is 4.90 Å². The van der Waals surface area contributed by atoms with Crippen LogP contribution in [0.4, 0.5) is 19.3 Å². The van der Waals surface area contributed by atoms with Crippen LogP contribution < -0.4 is 4.90 Å². The largest absolute Gasteiger partial charge is 0.324 e. The summed E-state index contributed by atoms with van der Waals surface area (Å²) in [5.41, 5.74) is 0.731. The number of likely N-dealkylation sites (tertiary alicyclic amines) is 1. The molecule has 1 aliphatic heterocycles. The van der Waals surface area contributed by atoms with Crippen molar-refractivity contribution in [1.82, 2.24) is 9.80 Å². The fraction of sp³-hybridized carbons (Fsp3) is 0.350. The highest BCUT2D eigenvalue weighted by Crippen LogP contribution is 2.30. The van der Waals surface area contributed by atoms with Crippen LogP contribution in [0.15, 0.2) is 42.5 Å². The van der Waals surface area contributed by atoms with Crippen molar-refractivity contribution in [2.24, 2.45) is 0 Å². The van der Waals surface area contributed by atoms with Gasteiger partial charge in [0.05, 0.1) is 17.3 Å². The topological polar surface area (TPSA) is 26.8 Å². The lowest BCUT2D eigenvalue weighted by Crippen LogP contribution is -2.43. The van der Waals surface area contributed by atoms with E-state index in [4.69, 9.17) is 11.6 Å². The van der Waals surface area contributed by atoms with Gasteiger partial charge >= 0.3 is 6.03 Å². The van der Waals surface area contributed by atoms with Crippen LogP contribution in [0, 0.1) is 11.6 Å². The van der Waals surface area contributed by atoms with Crippen molar-refractivity contribution in [3.05, 3.63) is 64.7 Å². The molecule has 1 fully saturated rings. The summed E-state index contributed by atoms with van der Waals surface area (Å²) in [7, 11) is 3.96. The molecular formula is C20H22ClF2N3O. The quantitative estimate of drug-likeness (QED) is 0.770. The zero-order valence-electron chi connectivity index (χ0n) is 15.3. The second-order valence-corrected chi connectivity index (χ2v) is 7.32. The van der Waals surface area contributed by atoms with Gasteiger partial charge in [0.25, 0.3) is 0 Å². The molecule has 1 atom stereocenters. The molecule has 0 saturated carbocycles. The number of anilines is 1. The van der Waals surface area contributed by atoms with Crippen molar-refractivity contribution >= 4 is 23.3 Å². The van der Waals surface area contributed by atoms with Crippen LogP contribution in [0.5, 0.6) is 0 Å². The van der Waals surface area contributed by atoms with Crippen LogP contribution in [-0.4, -0.2) is 49.1 Å². The van der Waals surface area contributed by atoms with Crippen LogP contribution >= 0.6 is 11.6 Å². The van der Waals surface area contributed by atoms with E-state index in [0.29, 0.717) is 24.3 Å². The maximum atomic E-state index is 14.2. The van der Waals surface area contributed by atoms with Crippen LogP contribution in [-0.2, 0) is 6.54 Å². The number of benzene rings is 2. The fourth-order valence-electron chi connectivity index (χ4n) is 3.26. The van der Waals surface area contributed by atoms with Gasteiger partial charge in [-0.25, -0.2) is 13.6 Å². The van der Waals surface area contributed by atoms with E-state index < -0.39 is 11.6 Å². The van der Waals surface area contributed by atoms with Gasteiger partial charge < -0.3 is 9.80 Å². The molecule has 1 saturated heterocycles. The highest BCUT2D eigenvalue weighted by molar-refractivity contribution is 6.33. The van der Waals surface area contributed by atoms with Crippen molar-refractivity contribution in [1.29, 1.82) is 0 Å². The summed E-state index contributed by atoms with van der Waals surface area (Å²) in [6.45, 7) is 1.20. The van der Waals surface area contributed by atoms with Gasteiger partial charge in [-0.3, -0.25) is 4.90 Å². The molecule has 0 aliphatic carbocycles. The summed E-state index contributed by atoms with van der Waals surface area (Å²) >= 11 is 6.21. The van der Waals surface area contributed by atoms with Gasteiger partial charge in [0, 0.05) is 24.7 Å². The maximum absolute atomic E-state index is 14.2. The smallest absolute Gasteiger partial charge is 0.323 e. The Kier molecular flexibility index (Phi) is 5.97. The molecule has 0 spiro atoms. The maximum Gasteiger partial charge on any atom is 0.324 e. The minimum absolute atomic E-state index is 0.0139. The third-order valence-electron chi connectivity index (χ3n) is 4.88. The molecule has 0 unspecified atom stereocenters. The van der Waals surface area contributed by atoms with E-state index in [1.54, 1.807) is 23.1 Å². The number of rotatable bonds is 4. The lowest BCUT2D eigenvalue weighted by atomic mass is 10.2. The molecule has 0 aromatic heterocycles. The number of likely N-dealkylation sites (N-methyl/N-ethyl adjacent to an activating group) is 1. The average Bonchev–Trinajstić information content (AvgIpc) is 3.12. The Morgan fingerprint density at radius 2 is 1.96 bits per heavy atom. The van der Waals surface area contributed by atoms with E-state index in [0.717, 1.165) is 12.5 Å². The number of amides is 2. The van der Waals surface area contributed by atoms with E-state index in [1.165, 1.54) is 23.1 Å². The van der Waals surface area contributed by atoms with Crippen molar-refractivity contribution in [3.8, 4) is 0 Å².